The maximum absolute atomic E-state index is 5.43. The van der Waals surface area contributed by atoms with Crippen molar-refractivity contribution >= 4 is 17.3 Å². The van der Waals surface area contributed by atoms with E-state index >= 15 is 0 Å². The number of aryl methyl sites for hydroxylation is 2. The minimum absolute atomic E-state index is 0.630. The van der Waals surface area contributed by atoms with E-state index in [0.29, 0.717) is 6.54 Å². The Bertz CT molecular complexity index is 715. The van der Waals surface area contributed by atoms with Crippen molar-refractivity contribution in [3.05, 3.63) is 39.8 Å². The predicted octanol–water partition coefficient (Wildman–Crippen LogP) is 3.16. The first-order valence-electron chi connectivity index (χ1n) is 8.72. The van der Waals surface area contributed by atoms with Crippen LogP contribution in [0.4, 0.5) is 0 Å². The van der Waals surface area contributed by atoms with Crippen LogP contribution in [0.2, 0.25) is 0 Å². The number of unbranched alkanes of at least 4 members (excludes halogenated alkanes) is 1. The number of ether oxygens (including phenoxy) is 2. The molecule has 2 aromatic rings. The summed E-state index contributed by atoms with van der Waals surface area (Å²) in [7, 11) is 5.09. The lowest BCUT2D eigenvalue weighted by Gasteiger charge is -2.14. The fourth-order valence-corrected chi connectivity index (χ4v) is 3.34. The fraction of sp³-hybridized carbons (Fsp3) is 0.474. The van der Waals surface area contributed by atoms with Gasteiger partial charge in [0.25, 0.3) is 0 Å². The first-order chi connectivity index (χ1) is 12.7. The van der Waals surface area contributed by atoms with E-state index in [0.717, 1.165) is 54.5 Å². The lowest BCUT2D eigenvalue weighted by molar-refractivity contribution is 0.390. The molecule has 142 valence electrons. The van der Waals surface area contributed by atoms with E-state index in [1.165, 1.54) is 5.01 Å². The quantitative estimate of drug-likeness (QED) is 0.400. The summed E-state index contributed by atoms with van der Waals surface area (Å²) in [4.78, 5) is 8.76. The van der Waals surface area contributed by atoms with E-state index < -0.39 is 0 Å². The van der Waals surface area contributed by atoms with Crippen LogP contribution in [0.25, 0.3) is 0 Å². The van der Waals surface area contributed by atoms with Gasteiger partial charge in [-0.05, 0) is 38.3 Å². The number of benzene rings is 1. The molecule has 1 heterocycles. The Kier molecular flexibility index (Phi) is 8.21. The van der Waals surface area contributed by atoms with Crippen LogP contribution in [0.1, 0.15) is 29.1 Å². The molecule has 0 unspecified atom stereocenters. The summed E-state index contributed by atoms with van der Waals surface area (Å²) in [5, 5.41) is 9.99. The maximum Gasteiger partial charge on any atom is 0.191 e. The summed E-state index contributed by atoms with van der Waals surface area (Å²) < 4.78 is 10.7. The molecule has 0 saturated carbocycles. The molecule has 0 radical (unpaired) electrons. The molecule has 0 saturated heterocycles. The Morgan fingerprint density at radius 3 is 2.69 bits per heavy atom. The molecule has 7 heteroatoms. The third kappa shape index (κ3) is 6.22. The molecule has 0 amide bonds. The molecule has 2 rings (SSSR count). The second kappa shape index (κ2) is 10.7. The van der Waals surface area contributed by atoms with E-state index in [9.17, 15) is 0 Å². The van der Waals surface area contributed by atoms with Gasteiger partial charge in [-0.3, -0.25) is 4.99 Å². The van der Waals surface area contributed by atoms with Crippen LogP contribution < -0.4 is 20.1 Å². The van der Waals surface area contributed by atoms with Crippen molar-refractivity contribution in [2.24, 2.45) is 4.99 Å². The second-order valence-electron chi connectivity index (χ2n) is 5.87. The van der Waals surface area contributed by atoms with Crippen LogP contribution in [0.5, 0.6) is 11.5 Å². The molecule has 1 aromatic heterocycles. The Morgan fingerprint density at radius 2 is 2.04 bits per heavy atom. The molecule has 0 aliphatic rings. The monoisotopic (exact) mass is 376 g/mol. The molecule has 6 nitrogen and oxygen atoms in total. The first kappa shape index (κ1) is 20.0. The Morgan fingerprint density at radius 1 is 1.19 bits per heavy atom. The van der Waals surface area contributed by atoms with E-state index in [2.05, 4.69) is 26.0 Å². The van der Waals surface area contributed by atoms with Gasteiger partial charge in [0.05, 0.1) is 19.2 Å². The Labute approximate surface area is 159 Å². The highest BCUT2D eigenvalue weighted by molar-refractivity contribution is 7.09. The number of hydrogen-bond acceptors (Lipinski definition) is 5. The fourth-order valence-electron chi connectivity index (χ4n) is 2.52. The van der Waals surface area contributed by atoms with E-state index in [-0.39, 0.29) is 0 Å². The van der Waals surface area contributed by atoms with Gasteiger partial charge < -0.3 is 20.1 Å². The number of hydrogen-bond donors (Lipinski definition) is 2. The highest BCUT2D eigenvalue weighted by Crippen LogP contribution is 2.24. The van der Waals surface area contributed by atoms with Gasteiger partial charge in [-0.1, -0.05) is 0 Å². The summed E-state index contributed by atoms with van der Waals surface area (Å²) in [5.74, 6) is 2.36. The minimum atomic E-state index is 0.630. The first-order valence-corrected chi connectivity index (χ1v) is 9.60. The minimum Gasteiger partial charge on any atom is -0.497 e. The number of thiazole rings is 1. The number of methoxy groups -OCH3 is 2. The summed E-state index contributed by atoms with van der Waals surface area (Å²) in [5.41, 5.74) is 2.16. The van der Waals surface area contributed by atoms with Crippen molar-refractivity contribution in [2.45, 2.75) is 32.7 Å². The van der Waals surface area contributed by atoms with Crippen molar-refractivity contribution in [3.63, 3.8) is 0 Å². The van der Waals surface area contributed by atoms with Crippen LogP contribution in [0.15, 0.2) is 28.6 Å². The normalized spacial score (nSPS) is 11.3. The highest BCUT2D eigenvalue weighted by Gasteiger charge is 2.06. The standard InChI is InChI=1S/C19H28N4O2S/c1-14-13-26-18(23-14)7-5-6-10-21-19(20-2)22-12-15-8-9-16(24-3)11-17(15)25-4/h8-9,11,13H,5-7,10,12H2,1-4H3,(H2,20,21,22). The van der Waals surface area contributed by atoms with Crippen molar-refractivity contribution in [3.8, 4) is 11.5 Å². The Hall–Kier alpha value is -2.28. The molecule has 0 aliphatic carbocycles. The molecule has 0 fully saturated rings. The van der Waals surface area contributed by atoms with Crippen LogP contribution >= 0.6 is 11.3 Å². The molecule has 0 bridgehead atoms. The van der Waals surface area contributed by atoms with E-state index in [4.69, 9.17) is 9.47 Å². The number of nitrogens with one attached hydrogen (secondary N) is 2. The second-order valence-corrected chi connectivity index (χ2v) is 6.81. The molecule has 2 N–H and O–H groups in total. The molecule has 1 aromatic carbocycles. The van der Waals surface area contributed by atoms with Crippen molar-refractivity contribution in [2.75, 3.05) is 27.8 Å². The van der Waals surface area contributed by atoms with Gasteiger partial charge in [0.1, 0.15) is 11.5 Å². The van der Waals surface area contributed by atoms with Gasteiger partial charge in [-0.25, -0.2) is 4.98 Å². The smallest absolute Gasteiger partial charge is 0.191 e. The lowest BCUT2D eigenvalue weighted by atomic mass is 10.2. The van der Waals surface area contributed by atoms with Crippen molar-refractivity contribution in [1.29, 1.82) is 0 Å². The Balaban J connectivity index is 1.72. The van der Waals surface area contributed by atoms with Crippen molar-refractivity contribution < 1.29 is 9.47 Å². The van der Waals surface area contributed by atoms with E-state index in [1.807, 2.05) is 25.1 Å². The van der Waals surface area contributed by atoms with Crippen LogP contribution in [0, 0.1) is 6.92 Å². The topological polar surface area (TPSA) is 67.8 Å². The zero-order valence-electron chi connectivity index (χ0n) is 16.0. The molecule has 0 spiro atoms. The number of guanidine groups is 1. The average molecular weight is 377 g/mol. The number of nitrogens with zero attached hydrogens (tertiary/aromatic N) is 2. The predicted molar refractivity (Wildman–Crippen MR) is 108 cm³/mol. The lowest BCUT2D eigenvalue weighted by Crippen LogP contribution is -2.37. The summed E-state index contributed by atoms with van der Waals surface area (Å²) in [6, 6.07) is 5.80. The van der Waals surface area contributed by atoms with Gasteiger partial charge in [-0.2, -0.15) is 0 Å². The number of rotatable bonds is 9. The van der Waals surface area contributed by atoms with Gasteiger partial charge in [0.15, 0.2) is 5.96 Å². The van der Waals surface area contributed by atoms with Crippen LogP contribution in [0.3, 0.4) is 0 Å². The van der Waals surface area contributed by atoms with Gasteiger partial charge in [0, 0.05) is 42.8 Å². The summed E-state index contributed by atoms with van der Waals surface area (Å²) >= 11 is 1.74. The number of aromatic nitrogens is 1. The summed E-state index contributed by atoms with van der Waals surface area (Å²) in [6.07, 6.45) is 3.23. The zero-order valence-corrected chi connectivity index (χ0v) is 16.8. The van der Waals surface area contributed by atoms with Crippen molar-refractivity contribution in [1.82, 2.24) is 15.6 Å². The molecule has 0 atom stereocenters. The van der Waals surface area contributed by atoms with Gasteiger partial charge >= 0.3 is 0 Å². The SMILES string of the molecule is CN=C(NCCCCc1nc(C)cs1)NCc1ccc(OC)cc1OC. The maximum atomic E-state index is 5.43. The highest BCUT2D eigenvalue weighted by atomic mass is 32.1. The number of aliphatic imine (C=N–C) groups is 1. The molecule has 26 heavy (non-hydrogen) atoms. The van der Waals surface area contributed by atoms with Gasteiger partial charge in [-0.15, -0.1) is 11.3 Å². The molecule has 0 aliphatic heterocycles. The van der Waals surface area contributed by atoms with Crippen LogP contribution in [-0.4, -0.2) is 38.8 Å². The van der Waals surface area contributed by atoms with E-state index in [1.54, 1.807) is 32.6 Å². The third-order valence-electron chi connectivity index (χ3n) is 3.94. The van der Waals surface area contributed by atoms with Crippen LogP contribution in [-0.2, 0) is 13.0 Å². The zero-order chi connectivity index (χ0) is 18.8. The third-order valence-corrected chi connectivity index (χ3v) is 4.97. The molecular formula is C19H28N4O2S. The van der Waals surface area contributed by atoms with Gasteiger partial charge in [0.2, 0.25) is 0 Å². The largest absolute Gasteiger partial charge is 0.497 e. The average Bonchev–Trinajstić information content (AvgIpc) is 3.08. The molecular weight excluding hydrogens is 348 g/mol. The summed E-state index contributed by atoms with van der Waals surface area (Å²) in [6.45, 7) is 3.55.